The van der Waals surface area contributed by atoms with Crippen molar-refractivity contribution in [1.29, 1.82) is 0 Å². The lowest BCUT2D eigenvalue weighted by atomic mass is 9.86. The fourth-order valence-electron chi connectivity index (χ4n) is 1.90. The van der Waals surface area contributed by atoms with Crippen molar-refractivity contribution in [2.75, 3.05) is 0 Å². The van der Waals surface area contributed by atoms with Gasteiger partial charge < -0.3 is 5.11 Å². The summed E-state index contributed by atoms with van der Waals surface area (Å²) < 4.78 is 38.0. The minimum absolute atomic E-state index is 0.110. The van der Waals surface area contributed by atoms with E-state index in [2.05, 4.69) is 20.8 Å². The van der Waals surface area contributed by atoms with Crippen LogP contribution in [0.15, 0.2) is 18.2 Å². The van der Waals surface area contributed by atoms with E-state index in [1.807, 2.05) is 0 Å². The zero-order chi connectivity index (χ0) is 14.8. The predicted octanol–water partition coefficient (Wildman–Crippen LogP) is 4.74. The molecule has 4 heteroatoms. The van der Waals surface area contributed by atoms with Gasteiger partial charge in [-0.3, -0.25) is 0 Å². The van der Waals surface area contributed by atoms with Crippen LogP contribution in [0.4, 0.5) is 13.2 Å². The first kappa shape index (κ1) is 16.0. The summed E-state index contributed by atoms with van der Waals surface area (Å²) in [6, 6.07) is 3.63. The quantitative estimate of drug-likeness (QED) is 0.844. The van der Waals surface area contributed by atoms with Crippen LogP contribution in [0.3, 0.4) is 0 Å². The molecule has 0 aromatic heterocycles. The molecule has 1 unspecified atom stereocenters. The Hall–Kier alpha value is -1.03. The van der Waals surface area contributed by atoms with E-state index in [0.29, 0.717) is 12.0 Å². The van der Waals surface area contributed by atoms with E-state index in [1.54, 1.807) is 0 Å². The number of hydrogen-bond acceptors (Lipinski definition) is 1. The monoisotopic (exact) mass is 274 g/mol. The lowest BCUT2D eigenvalue weighted by Crippen LogP contribution is -2.11. The van der Waals surface area contributed by atoms with Gasteiger partial charge in [-0.2, -0.15) is 13.2 Å². The molecule has 0 radical (unpaired) electrons. The first-order chi connectivity index (χ1) is 8.50. The molecule has 1 atom stereocenters. The molecule has 1 aromatic rings. The standard InChI is InChI=1S/C15H21F3O/c1-10(19)13-9-12(15(16,17)18)6-5-11(13)7-8-14(2,3)4/h5-6,9-10,19H,7-8H2,1-4H3. The van der Waals surface area contributed by atoms with Gasteiger partial charge in [0.2, 0.25) is 0 Å². The summed E-state index contributed by atoms with van der Waals surface area (Å²) in [7, 11) is 0. The molecular weight excluding hydrogens is 253 g/mol. The number of alkyl halides is 3. The van der Waals surface area contributed by atoms with Crippen LogP contribution >= 0.6 is 0 Å². The van der Waals surface area contributed by atoms with Crippen molar-refractivity contribution in [3.63, 3.8) is 0 Å². The van der Waals surface area contributed by atoms with Crippen LogP contribution in [-0.2, 0) is 12.6 Å². The summed E-state index contributed by atoms with van der Waals surface area (Å²) in [6.45, 7) is 7.74. The highest BCUT2D eigenvalue weighted by molar-refractivity contribution is 5.35. The van der Waals surface area contributed by atoms with Crippen molar-refractivity contribution >= 4 is 0 Å². The van der Waals surface area contributed by atoms with Crippen LogP contribution in [0.5, 0.6) is 0 Å². The largest absolute Gasteiger partial charge is 0.416 e. The fourth-order valence-corrected chi connectivity index (χ4v) is 1.90. The Morgan fingerprint density at radius 2 is 1.74 bits per heavy atom. The Morgan fingerprint density at radius 1 is 1.16 bits per heavy atom. The average Bonchev–Trinajstić information content (AvgIpc) is 2.23. The zero-order valence-corrected chi connectivity index (χ0v) is 11.8. The maximum Gasteiger partial charge on any atom is 0.416 e. The van der Waals surface area contributed by atoms with Gasteiger partial charge in [0.05, 0.1) is 11.7 Å². The third kappa shape index (κ3) is 4.86. The highest BCUT2D eigenvalue weighted by atomic mass is 19.4. The van der Waals surface area contributed by atoms with E-state index in [9.17, 15) is 18.3 Å². The van der Waals surface area contributed by atoms with Crippen molar-refractivity contribution in [3.8, 4) is 0 Å². The third-order valence-corrected chi connectivity index (χ3v) is 3.07. The molecule has 0 heterocycles. The zero-order valence-electron chi connectivity index (χ0n) is 11.8. The number of rotatable bonds is 3. The molecule has 1 nitrogen and oxygen atoms in total. The second kappa shape index (κ2) is 5.53. The first-order valence-corrected chi connectivity index (χ1v) is 6.39. The maximum atomic E-state index is 12.7. The van der Waals surface area contributed by atoms with Gasteiger partial charge in [-0.15, -0.1) is 0 Å². The number of hydrogen-bond donors (Lipinski definition) is 1. The second-order valence-corrected chi connectivity index (χ2v) is 6.15. The third-order valence-electron chi connectivity index (χ3n) is 3.07. The van der Waals surface area contributed by atoms with Gasteiger partial charge in [0.1, 0.15) is 0 Å². The molecular formula is C15H21F3O. The van der Waals surface area contributed by atoms with Crippen molar-refractivity contribution in [2.45, 2.75) is 52.8 Å². The molecule has 0 bridgehead atoms. The lowest BCUT2D eigenvalue weighted by Gasteiger charge is -2.20. The Balaban J connectivity index is 3.06. The van der Waals surface area contributed by atoms with Crippen LogP contribution in [0.2, 0.25) is 0 Å². The highest BCUT2D eigenvalue weighted by Gasteiger charge is 2.31. The van der Waals surface area contributed by atoms with Crippen LogP contribution in [0.25, 0.3) is 0 Å². The van der Waals surface area contributed by atoms with Gasteiger partial charge in [-0.1, -0.05) is 26.8 Å². The molecule has 0 amide bonds. The summed E-state index contributed by atoms with van der Waals surface area (Å²) >= 11 is 0. The normalized spacial score (nSPS) is 14.5. The van der Waals surface area contributed by atoms with E-state index in [1.165, 1.54) is 13.0 Å². The molecule has 0 aliphatic heterocycles. The number of benzene rings is 1. The first-order valence-electron chi connectivity index (χ1n) is 6.39. The molecule has 0 spiro atoms. The molecule has 0 fully saturated rings. The SMILES string of the molecule is CC(O)c1cc(C(F)(F)F)ccc1CCC(C)(C)C. The van der Waals surface area contributed by atoms with Crippen molar-refractivity contribution in [1.82, 2.24) is 0 Å². The van der Waals surface area contributed by atoms with E-state index in [4.69, 9.17) is 0 Å². The molecule has 1 rings (SSSR count). The van der Waals surface area contributed by atoms with Crippen molar-refractivity contribution in [3.05, 3.63) is 34.9 Å². The van der Waals surface area contributed by atoms with Gasteiger partial charge in [0.15, 0.2) is 0 Å². The van der Waals surface area contributed by atoms with Crippen LogP contribution in [0.1, 0.15) is 56.9 Å². The van der Waals surface area contributed by atoms with E-state index >= 15 is 0 Å². The Kier molecular flexibility index (Phi) is 4.67. The van der Waals surface area contributed by atoms with Crippen LogP contribution in [-0.4, -0.2) is 5.11 Å². The Bertz CT molecular complexity index is 428. The number of aliphatic hydroxyl groups excluding tert-OH is 1. The van der Waals surface area contributed by atoms with Gasteiger partial charge in [0.25, 0.3) is 0 Å². The highest BCUT2D eigenvalue weighted by Crippen LogP contribution is 2.33. The van der Waals surface area contributed by atoms with E-state index in [-0.39, 0.29) is 5.41 Å². The Labute approximate surface area is 112 Å². The van der Waals surface area contributed by atoms with Crippen LogP contribution < -0.4 is 0 Å². The number of aryl methyl sites for hydroxylation is 1. The molecule has 0 aliphatic rings. The van der Waals surface area contributed by atoms with E-state index < -0.39 is 17.8 Å². The fraction of sp³-hybridized carbons (Fsp3) is 0.600. The molecule has 1 N–H and O–H groups in total. The van der Waals surface area contributed by atoms with E-state index in [0.717, 1.165) is 24.1 Å². The smallest absolute Gasteiger partial charge is 0.389 e. The molecule has 1 aromatic carbocycles. The summed E-state index contributed by atoms with van der Waals surface area (Å²) in [5.74, 6) is 0. The molecule has 19 heavy (non-hydrogen) atoms. The Morgan fingerprint density at radius 3 is 2.16 bits per heavy atom. The molecule has 108 valence electrons. The van der Waals surface area contributed by atoms with Crippen molar-refractivity contribution < 1.29 is 18.3 Å². The molecule has 0 saturated heterocycles. The summed E-state index contributed by atoms with van der Waals surface area (Å²) in [6.07, 6.45) is -3.73. The topological polar surface area (TPSA) is 20.2 Å². The minimum Gasteiger partial charge on any atom is -0.389 e. The van der Waals surface area contributed by atoms with Crippen molar-refractivity contribution in [2.24, 2.45) is 5.41 Å². The van der Waals surface area contributed by atoms with Gasteiger partial charge in [-0.05, 0) is 48.4 Å². The number of halogens is 3. The summed E-state index contributed by atoms with van der Waals surface area (Å²) in [4.78, 5) is 0. The van der Waals surface area contributed by atoms with Gasteiger partial charge in [0, 0.05) is 0 Å². The van der Waals surface area contributed by atoms with Gasteiger partial charge in [-0.25, -0.2) is 0 Å². The molecule has 0 aliphatic carbocycles. The van der Waals surface area contributed by atoms with Crippen LogP contribution in [0, 0.1) is 5.41 Å². The predicted molar refractivity (Wildman–Crippen MR) is 69.9 cm³/mol. The average molecular weight is 274 g/mol. The summed E-state index contributed by atoms with van der Waals surface area (Å²) in [5, 5.41) is 9.66. The second-order valence-electron chi connectivity index (χ2n) is 6.15. The number of aliphatic hydroxyl groups is 1. The lowest BCUT2D eigenvalue weighted by molar-refractivity contribution is -0.137. The minimum atomic E-state index is -4.37. The van der Waals surface area contributed by atoms with Gasteiger partial charge >= 0.3 is 6.18 Å². The maximum absolute atomic E-state index is 12.7. The molecule has 0 saturated carbocycles. The summed E-state index contributed by atoms with van der Waals surface area (Å²) in [5.41, 5.74) is 0.568.